The van der Waals surface area contributed by atoms with Crippen molar-refractivity contribution in [2.45, 2.75) is 18.9 Å². The maximum Gasteiger partial charge on any atom is 0.180 e. The van der Waals surface area contributed by atoms with E-state index < -0.39 is 0 Å². The first-order valence-electron chi connectivity index (χ1n) is 8.85. The molecule has 1 atom stereocenters. The van der Waals surface area contributed by atoms with E-state index in [1.165, 1.54) is 5.56 Å². The third kappa shape index (κ3) is 3.95. The summed E-state index contributed by atoms with van der Waals surface area (Å²) < 4.78 is 11.2. The first-order chi connectivity index (χ1) is 12.4. The lowest BCUT2D eigenvalue weighted by atomic mass is 10.1. The Kier molecular flexibility index (Phi) is 5.15. The number of pyridine rings is 1. The quantitative estimate of drug-likeness (QED) is 0.860. The highest BCUT2D eigenvalue weighted by atomic mass is 16.6. The number of ether oxygens (including phenoxy) is 2. The van der Waals surface area contributed by atoms with Crippen LogP contribution in [0.5, 0.6) is 0 Å². The molecule has 0 aromatic carbocycles. The minimum Gasteiger partial charge on any atom is -0.376 e. The summed E-state index contributed by atoms with van der Waals surface area (Å²) in [7, 11) is 0. The molecule has 0 unspecified atom stereocenters. The zero-order chi connectivity index (χ0) is 16.9. The van der Waals surface area contributed by atoms with E-state index in [9.17, 15) is 0 Å². The van der Waals surface area contributed by atoms with E-state index in [1.54, 1.807) is 6.20 Å². The third-order valence-electron chi connectivity index (χ3n) is 4.46. The maximum atomic E-state index is 5.73. The Hall–Kier alpha value is -2.09. The summed E-state index contributed by atoms with van der Waals surface area (Å²) in [5.41, 5.74) is 3.09. The molecule has 0 spiro atoms. The van der Waals surface area contributed by atoms with Crippen LogP contribution < -0.4 is 10.6 Å². The molecule has 2 aliphatic heterocycles. The van der Waals surface area contributed by atoms with Crippen molar-refractivity contribution >= 4 is 5.82 Å². The number of nitrogens with one attached hydrogen (secondary N) is 2. The van der Waals surface area contributed by atoms with Crippen molar-refractivity contribution in [3.05, 3.63) is 35.7 Å². The van der Waals surface area contributed by atoms with Crippen LogP contribution >= 0.6 is 0 Å². The lowest BCUT2D eigenvalue weighted by molar-refractivity contribution is -0.0819. The molecular formula is C18H23N5O2. The SMILES string of the molecule is c1ccc(-c2nc3c(c(NC[C@@H]4COCCO4)n2)CCNCC3)nc1. The van der Waals surface area contributed by atoms with Gasteiger partial charge in [0.1, 0.15) is 11.5 Å². The van der Waals surface area contributed by atoms with Crippen molar-refractivity contribution in [3.63, 3.8) is 0 Å². The monoisotopic (exact) mass is 341 g/mol. The highest BCUT2D eigenvalue weighted by Gasteiger charge is 2.20. The van der Waals surface area contributed by atoms with E-state index in [1.807, 2.05) is 18.2 Å². The fraction of sp³-hybridized carbons (Fsp3) is 0.500. The van der Waals surface area contributed by atoms with Crippen molar-refractivity contribution in [3.8, 4) is 11.5 Å². The van der Waals surface area contributed by atoms with Crippen LogP contribution in [0.25, 0.3) is 11.5 Å². The van der Waals surface area contributed by atoms with Gasteiger partial charge in [-0.25, -0.2) is 9.97 Å². The molecule has 2 N–H and O–H groups in total. The van der Waals surface area contributed by atoms with Crippen LogP contribution in [0.15, 0.2) is 24.4 Å². The predicted octanol–water partition coefficient (Wildman–Crippen LogP) is 1.05. The van der Waals surface area contributed by atoms with Gasteiger partial charge in [0.05, 0.1) is 31.6 Å². The van der Waals surface area contributed by atoms with Gasteiger partial charge in [-0.3, -0.25) is 4.98 Å². The molecule has 132 valence electrons. The average molecular weight is 341 g/mol. The van der Waals surface area contributed by atoms with Gasteiger partial charge in [0, 0.05) is 31.3 Å². The van der Waals surface area contributed by atoms with E-state index in [2.05, 4.69) is 15.6 Å². The summed E-state index contributed by atoms with van der Waals surface area (Å²) in [5.74, 6) is 1.56. The minimum atomic E-state index is 0.0570. The molecular weight excluding hydrogens is 318 g/mol. The molecule has 2 aromatic rings. The zero-order valence-corrected chi connectivity index (χ0v) is 14.2. The van der Waals surface area contributed by atoms with Crippen molar-refractivity contribution in [1.82, 2.24) is 20.3 Å². The van der Waals surface area contributed by atoms with Crippen LogP contribution in [0.2, 0.25) is 0 Å². The van der Waals surface area contributed by atoms with E-state index in [-0.39, 0.29) is 6.10 Å². The molecule has 2 aliphatic rings. The summed E-state index contributed by atoms with van der Waals surface area (Å²) in [6.45, 7) is 4.50. The number of rotatable bonds is 4. The predicted molar refractivity (Wildman–Crippen MR) is 94.6 cm³/mol. The van der Waals surface area contributed by atoms with Crippen LogP contribution in [0.4, 0.5) is 5.82 Å². The highest BCUT2D eigenvalue weighted by molar-refractivity contribution is 5.57. The minimum absolute atomic E-state index is 0.0570. The van der Waals surface area contributed by atoms with Gasteiger partial charge >= 0.3 is 0 Å². The molecule has 4 heterocycles. The fourth-order valence-electron chi connectivity index (χ4n) is 3.17. The Balaban J connectivity index is 1.62. The third-order valence-corrected chi connectivity index (χ3v) is 4.46. The van der Waals surface area contributed by atoms with E-state index in [4.69, 9.17) is 19.4 Å². The largest absolute Gasteiger partial charge is 0.376 e. The van der Waals surface area contributed by atoms with Crippen molar-refractivity contribution in [1.29, 1.82) is 0 Å². The van der Waals surface area contributed by atoms with Crippen LogP contribution in [-0.4, -0.2) is 60.5 Å². The smallest absolute Gasteiger partial charge is 0.180 e. The van der Waals surface area contributed by atoms with Gasteiger partial charge < -0.3 is 20.1 Å². The van der Waals surface area contributed by atoms with Gasteiger partial charge in [0.15, 0.2) is 5.82 Å². The molecule has 2 aromatic heterocycles. The summed E-state index contributed by atoms with van der Waals surface area (Å²) in [5, 5.41) is 6.90. The van der Waals surface area contributed by atoms with Crippen LogP contribution in [-0.2, 0) is 22.3 Å². The molecule has 0 amide bonds. The van der Waals surface area contributed by atoms with Gasteiger partial charge in [0.25, 0.3) is 0 Å². The molecule has 7 heteroatoms. The van der Waals surface area contributed by atoms with Gasteiger partial charge in [-0.05, 0) is 25.1 Å². The van der Waals surface area contributed by atoms with Crippen LogP contribution in [0.3, 0.4) is 0 Å². The van der Waals surface area contributed by atoms with Crippen LogP contribution in [0.1, 0.15) is 11.3 Å². The summed E-state index contributed by atoms with van der Waals surface area (Å²) in [6, 6.07) is 5.80. The lowest BCUT2D eigenvalue weighted by Gasteiger charge is -2.24. The number of hydrogen-bond acceptors (Lipinski definition) is 7. The maximum absolute atomic E-state index is 5.73. The molecule has 4 rings (SSSR count). The molecule has 1 saturated heterocycles. The number of aromatic nitrogens is 3. The lowest BCUT2D eigenvalue weighted by Crippen LogP contribution is -2.34. The number of fused-ring (bicyclic) bond motifs is 1. The second-order valence-electron chi connectivity index (χ2n) is 6.23. The number of nitrogens with zero attached hydrogens (tertiary/aromatic N) is 3. The first-order valence-corrected chi connectivity index (χ1v) is 8.85. The molecule has 25 heavy (non-hydrogen) atoms. The molecule has 1 fully saturated rings. The standard InChI is InChI=1S/C18H23N5O2/c1-2-6-20-16(3-1)18-22-15-5-8-19-7-4-14(15)17(23-18)21-11-13-12-24-9-10-25-13/h1-3,6,13,19H,4-5,7-12H2,(H,21,22,23)/t13-/m1/s1. The summed E-state index contributed by atoms with van der Waals surface area (Å²) in [4.78, 5) is 14.0. The van der Waals surface area contributed by atoms with E-state index in [0.717, 1.165) is 43.1 Å². The van der Waals surface area contributed by atoms with Gasteiger partial charge in [0.2, 0.25) is 0 Å². The first kappa shape index (κ1) is 16.4. The molecule has 0 radical (unpaired) electrons. The Morgan fingerprint density at radius 1 is 1.16 bits per heavy atom. The van der Waals surface area contributed by atoms with E-state index >= 15 is 0 Å². The van der Waals surface area contributed by atoms with Crippen molar-refractivity contribution in [2.24, 2.45) is 0 Å². The molecule has 0 bridgehead atoms. The second kappa shape index (κ2) is 7.86. The normalized spacial score (nSPS) is 20.6. The molecule has 7 nitrogen and oxygen atoms in total. The second-order valence-corrected chi connectivity index (χ2v) is 6.23. The Morgan fingerprint density at radius 2 is 2.12 bits per heavy atom. The van der Waals surface area contributed by atoms with Crippen molar-refractivity contribution < 1.29 is 9.47 Å². The Labute approximate surface area is 147 Å². The fourth-order valence-corrected chi connectivity index (χ4v) is 3.17. The molecule has 0 aliphatic carbocycles. The van der Waals surface area contributed by atoms with Gasteiger partial charge in [-0.1, -0.05) is 6.07 Å². The molecule has 0 saturated carbocycles. The highest BCUT2D eigenvalue weighted by Crippen LogP contribution is 2.23. The summed E-state index contributed by atoms with van der Waals surface area (Å²) >= 11 is 0. The number of anilines is 1. The van der Waals surface area contributed by atoms with Crippen LogP contribution in [0, 0.1) is 0 Å². The van der Waals surface area contributed by atoms with E-state index in [0.29, 0.717) is 32.2 Å². The Bertz CT molecular complexity index is 704. The van der Waals surface area contributed by atoms with Gasteiger partial charge in [-0.2, -0.15) is 0 Å². The van der Waals surface area contributed by atoms with Crippen molar-refractivity contribution in [2.75, 3.05) is 44.8 Å². The number of hydrogen-bond donors (Lipinski definition) is 2. The topological polar surface area (TPSA) is 81.2 Å². The Morgan fingerprint density at radius 3 is 2.96 bits per heavy atom. The zero-order valence-electron chi connectivity index (χ0n) is 14.2. The van der Waals surface area contributed by atoms with Gasteiger partial charge in [-0.15, -0.1) is 0 Å². The average Bonchev–Trinajstić information content (AvgIpc) is 2.93. The summed E-state index contributed by atoms with van der Waals surface area (Å²) in [6.07, 6.45) is 3.64.